The molecule has 0 aliphatic rings. The Balaban J connectivity index is 2.12. The number of anilines is 1. The van der Waals surface area contributed by atoms with Crippen molar-refractivity contribution in [1.82, 2.24) is 5.32 Å². The average molecular weight is 375 g/mol. The van der Waals surface area contributed by atoms with Crippen molar-refractivity contribution >= 4 is 21.6 Å². The van der Waals surface area contributed by atoms with Gasteiger partial charge < -0.3 is 5.32 Å². The van der Waals surface area contributed by atoms with E-state index in [1.54, 1.807) is 12.1 Å². The van der Waals surface area contributed by atoms with E-state index in [0.29, 0.717) is 5.69 Å². The predicted octanol–water partition coefficient (Wildman–Crippen LogP) is 3.20. The molecule has 0 radical (unpaired) electrons. The van der Waals surface area contributed by atoms with Crippen LogP contribution >= 0.6 is 0 Å². The standard InChI is InChI=1S/C20H26N2O3S/c1-5-17-8-12-19(13-9-17)22(26(4,24)25)14-20(23)21-16(3)18-10-6-15(2)7-11-18/h6-13,16H,5,14H2,1-4H3,(H,21,23)/t16-/m0/s1. The Kier molecular flexibility index (Phi) is 6.42. The molecule has 0 aliphatic carbocycles. The van der Waals surface area contributed by atoms with Crippen LogP contribution in [0.4, 0.5) is 5.69 Å². The minimum absolute atomic E-state index is 0.202. The molecular formula is C20H26N2O3S. The summed E-state index contributed by atoms with van der Waals surface area (Å²) in [6, 6.07) is 14.9. The first-order valence-corrected chi connectivity index (χ1v) is 10.5. The van der Waals surface area contributed by atoms with Gasteiger partial charge in [0.25, 0.3) is 0 Å². The summed E-state index contributed by atoms with van der Waals surface area (Å²) in [7, 11) is -3.57. The highest BCUT2D eigenvalue weighted by molar-refractivity contribution is 7.92. The molecule has 140 valence electrons. The SMILES string of the molecule is CCc1ccc(N(CC(=O)N[C@@H](C)c2ccc(C)cc2)S(C)(=O)=O)cc1. The highest BCUT2D eigenvalue weighted by atomic mass is 32.2. The normalized spacial score (nSPS) is 12.5. The van der Waals surface area contributed by atoms with Gasteiger partial charge >= 0.3 is 0 Å². The van der Waals surface area contributed by atoms with Crippen molar-refractivity contribution in [2.24, 2.45) is 0 Å². The first-order valence-electron chi connectivity index (χ1n) is 8.63. The summed E-state index contributed by atoms with van der Waals surface area (Å²) in [5, 5.41) is 2.87. The fourth-order valence-corrected chi connectivity index (χ4v) is 3.51. The van der Waals surface area contributed by atoms with Crippen LogP contribution in [0.25, 0.3) is 0 Å². The van der Waals surface area contributed by atoms with Crippen LogP contribution in [0.15, 0.2) is 48.5 Å². The number of nitrogens with zero attached hydrogens (tertiary/aromatic N) is 1. The zero-order valence-corrected chi connectivity index (χ0v) is 16.5. The maximum atomic E-state index is 12.4. The van der Waals surface area contributed by atoms with Crippen LogP contribution < -0.4 is 9.62 Å². The lowest BCUT2D eigenvalue weighted by atomic mass is 10.1. The summed E-state index contributed by atoms with van der Waals surface area (Å²) < 4.78 is 25.5. The van der Waals surface area contributed by atoms with E-state index in [1.165, 1.54) is 0 Å². The van der Waals surface area contributed by atoms with Crippen LogP contribution in [0, 0.1) is 6.92 Å². The monoisotopic (exact) mass is 374 g/mol. The Hall–Kier alpha value is -2.34. The molecule has 0 spiro atoms. The van der Waals surface area contributed by atoms with E-state index in [4.69, 9.17) is 0 Å². The summed E-state index contributed by atoms with van der Waals surface area (Å²) in [5.41, 5.74) is 3.72. The van der Waals surface area contributed by atoms with E-state index in [9.17, 15) is 13.2 Å². The Morgan fingerprint density at radius 1 is 1.08 bits per heavy atom. The molecule has 0 fully saturated rings. The molecule has 0 heterocycles. The van der Waals surface area contributed by atoms with Gasteiger partial charge in [0, 0.05) is 0 Å². The van der Waals surface area contributed by atoms with Crippen molar-refractivity contribution in [2.75, 3.05) is 17.1 Å². The minimum atomic E-state index is -3.57. The largest absolute Gasteiger partial charge is 0.348 e. The Labute approximate surface area is 156 Å². The van der Waals surface area contributed by atoms with Gasteiger partial charge in [-0.05, 0) is 43.5 Å². The molecule has 2 aromatic rings. The van der Waals surface area contributed by atoms with Gasteiger partial charge in [0.2, 0.25) is 15.9 Å². The fourth-order valence-electron chi connectivity index (χ4n) is 2.65. The smallest absolute Gasteiger partial charge is 0.241 e. The average Bonchev–Trinajstić information content (AvgIpc) is 2.59. The summed E-state index contributed by atoms with van der Waals surface area (Å²) in [6.07, 6.45) is 1.98. The molecule has 0 unspecified atom stereocenters. The van der Waals surface area contributed by atoms with Crippen LogP contribution in [-0.4, -0.2) is 27.1 Å². The number of hydrogen-bond donors (Lipinski definition) is 1. The fraction of sp³-hybridized carbons (Fsp3) is 0.350. The summed E-state index contributed by atoms with van der Waals surface area (Å²) in [6.45, 7) is 5.66. The minimum Gasteiger partial charge on any atom is -0.348 e. The molecule has 0 saturated carbocycles. The molecule has 2 aromatic carbocycles. The van der Waals surface area contributed by atoms with Gasteiger partial charge in [-0.25, -0.2) is 8.42 Å². The van der Waals surface area contributed by atoms with Crippen molar-refractivity contribution in [3.8, 4) is 0 Å². The number of carbonyl (C=O) groups excluding carboxylic acids is 1. The number of amides is 1. The van der Waals surface area contributed by atoms with Gasteiger partial charge in [0.05, 0.1) is 18.0 Å². The Bertz CT molecular complexity index is 844. The summed E-state index contributed by atoms with van der Waals surface area (Å²) in [4.78, 5) is 12.4. The van der Waals surface area contributed by atoms with Gasteiger partial charge in [-0.1, -0.05) is 48.9 Å². The van der Waals surface area contributed by atoms with E-state index >= 15 is 0 Å². The predicted molar refractivity (Wildman–Crippen MR) is 106 cm³/mol. The molecular weight excluding hydrogens is 348 g/mol. The van der Waals surface area contributed by atoms with E-state index in [1.807, 2.05) is 57.2 Å². The number of carbonyl (C=O) groups is 1. The number of aryl methyl sites for hydroxylation is 2. The number of sulfonamides is 1. The third-order valence-electron chi connectivity index (χ3n) is 4.27. The number of rotatable bonds is 7. The summed E-state index contributed by atoms with van der Waals surface area (Å²) >= 11 is 0. The lowest BCUT2D eigenvalue weighted by Gasteiger charge is -2.23. The molecule has 0 aromatic heterocycles. The molecule has 6 heteroatoms. The van der Waals surface area contributed by atoms with E-state index in [0.717, 1.165) is 33.7 Å². The van der Waals surface area contributed by atoms with Crippen molar-refractivity contribution in [3.05, 3.63) is 65.2 Å². The van der Waals surface area contributed by atoms with Gasteiger partial charge in [0.15, 0.2) is 0 Å². The second-order valence-electron chi connectivity index (χ2n) is 6.49. The highest BCUT2D eigenvalue weighted by Crippen LogP contribution is 2.19. The third-order valence-corrected chi connectivity index (χ3v) is 5.42. The second-order valence-corrected chi connectivity index (χ2v) is 8.40. The molecule has 0 saturated heterocycles. The molecule has 2 rings (SSSR count). The van der Waals surface area contributed by atoms with Crippen molar-refractivity contribution in [3.63, 3.8) is 0 Å². The number of hydrogen-bond acceptors (Lipinski definition) is 3. The van der Waals surface area contributed by atoms with Gasteiger partial charge in [-0.2, -0.15) is 0 Å². The quantitative estimate of drug-likeness (QED) is 0.809. The molecule has 5 nitrogen and oxygen atoms in total. The van der Waals surface area contributed by atoms with Gasteiger partial charge in [-0.15, -0.1) is 0 Å². The maximum absolute atomic E-state index is 12.4. The van der Waals surface area contributed by atoms with Gasteiger partial charge in [0.1, 0.15) is 6.54 Å². The number of nitrogens with one attached hydrogen (secondary N) is 1. The van der Waals surface area contributed by atoms with Gasteiger partial charge in [-0.3, -0.25) is 9.10 Å². The summed E-state index contributed by atoms with van der Waals surface area (Å²) in [5.74, 6) is -0.344. The molecule has 0 aliphatic heterocycles. The molecule has 0 bridgehead atoms. The maximum Gasteiger partial charge on any atom is 0.241 e. The van der Waals surface area contributed by atoms with Crippen molar-refractivity contribution in [2.45, 2.75) is 33.2 Å². The highest BCUT2D eigenvalue weighted by Gasteiger charge is 2.21. The van der Waals surface area contributed by atoms with Crippen LogP contribution in [0.1, 0.15) is 36.6 Å². The second kappa shape index (κ2) is 8.36. The molecule has 1 atom stereocenters. The van der Waals surface area contributed by atoms with Crippen LogP contribution in [0.3, 0.4) is 0 Å². The lowest BCUT2D eigenvalue weighted by Crippen LogP contribution is -2.41. The van der Waals surface area contributed by atoms with Crippen LogP contribution in [0.5, 0.6) is 0 Å². The molecule has 1 N–H and O–H groups in total. The van der Waals surface area contributed by atoms with E-state index in [-0.39, 0.29) is 18.5 Å². The Morgan fingerprint density at radius 2 is 1.65 bits per heavy atom. The lowest BCUT2D eigenvalue weighted by molar-refractivity contribution is -0.120. The Morgan fingerprint density at radius 3 is 2.15 bits per heavy atom. The zero-order chi connectivity index (χ0) is 19.3. The number of benzene rings is 2. The van der Waals surface area contributed by atoms with E-state index in [2.05, 4.69) is 5.32 Å². The van der Waals surface area contributed by atoms with E-state index < -0.39 is 10.0 Å². The van der Waals surface area contributed by atoms with Crippen LogP contribution in [0.2, 0.25) is 0 Å². The van der Waals surface area contributed by atoms with Crippen molar-refractivity contribution in [1.29, 1.82) is 0 Å². The van der Waals surface area contributed by atoms with Crippen LogP contribution in [-0.2, 0) is 21.2 Å². The van der Waals surface area contributed by atoms with Crippen molar-refractivity contribution < 1.29 is 13.2 Å². The third kappa shape index (κ3) is 5.33. The zero-order valence-electron chi connectivity index (χ0n) is 15.7. The molecule has 26 heavy (non-hydrogen) atoms. The first kappa shape index (κ1) is 20.0. The topological polar surface area (TPSA) is 66.5 Å². The first-order chi connectivity index (χ1) is 12.2. The molecule has 1 amide bonds.